The molecule has 2 heterocycles. The number of aromatic nitrogens is 1. The Morgan fingerprint density at radius 3 is 2.89 bits per heavy atom. The molecule has 0 bridgehead atoms. The second-order valence-corrected chi connectivity index (χ2v) is 5.27. The molecule has 1 saturated heterocycles. The summed E-state index contributed by atoms with van der Waals surface area (Å²) in [5.74, 6) is -0.296. The Kier molecular flexibility index (Phi) is 2.97. The molecule has 1 saturated carbocycles. The van der Waals surface area contributed by atoms with Gasteiger partial charge in [-0.1, -0.05) is 12.8 Å². The third-order valence-electron chi connectivity index (χ3n) is 4.20. The molecule has 1 aliphatic heterocycles. The molecule has 2 atom stereocenters. The smallest absolute Gasteiger partial charge is 0.357 e. The van der Waals surface area contributed by atoms with Crippen LogP contribution in [0.2, 0.25) is 0 Å². The normalized spacial score (nSPS) is 27.9. The lowest BCUT2D eigenvalue weighted by atomic mass is 9.78. The summed E-state index contributed by atoms with van der Waals surface area (Å²) in [5, 5.41) is 8.89. The van der Waals surface area contributed by atoms with Gasteiger partial charge in [0.05, 0.1) is 0 Å². The van der Waals surface area contributed by atoms with Gasteiger partial charge in [0, 0.05) is 12.6 Å². The fourth-order valence-electron chi connectivity index (χ4n) is 3.36. The molecular weight excluding hydrogens is 232 g/mol. The molecule has 1 aliphatic carbocycles. The van der Waals surface area contributed by atoms with Gasteiger partial charge in [0.2, 0.25) is 0 Å². The van der Waals surface area contributed by atoms with Crippen molar-refractivity contribution in [3.8, 4) is 0 Å². The molecule has 2 aliphatic rings. The number of carboxylic acid groups (broad SMARTS) is 1. The van der Waals surface area contributed by atoms with Gasteiger partial charge in [0.15, 0.2) is 5.69 Å². The van der Waals surface area contributed by atoms with E-state index in [0.717, 1.165) is 18.9 Å². The Hall–Kier alpha value is -1.52. The minimum Gasteiger partial charge on any atom is -0.476 e. The molecule has 18 heavy (non-hydrogen) atoms. The molecule has 0 spiro atoms. The van der Waals surface area contributed by atoms with Crippen LogP contribution in [0.15, 0.2) is 10.7 Å². The summed E-state index contributed by atoms with van der Waals surface area (Å²) >= 11 is 0. The summed E-state index contributed by atoms with van der Waals surface area (Å²) in [6.45, 7) is 0.931. The van der Waals surface area contributed by atoms with Crippen LogP contribution >= 0.6 is 0 Å². The first-order chi connectivity index (χ1) is 8.75. The SMILES string of the molecule is O=C(O)c1coc(N2CCC[C@H]3CCCC[C@H]32)n1. The summed E-state index contributed by atoms with van der Waals surface area (Å²) in [4.78, 5) is 17.1. The van der Waals surface area contributed by atoms with Gasteiger partial charge in [0.1, 0.15) is 6.26 Å². The zero-order valence-electron chi connectivity index (χ0n) is 10.3. The van der Waals surface area contributed by atoms with Gasteiger partial charge in [-0.05, 0) is 31.6 Å². The van der Waals surface area contributed by atoms with Crippen LogP contribution in [0.1, 0.15) is 49.0 Å². The van der Waals surface area contributed by atoms with Crippen LogP contribution in [0, 0.1) is 5.92 Å². The van der Waals surface area contributed by atoms with Crippen molar-refractivity contribution < 1.29 is 14.3 Å². The average Bonchev–Trinajstić information content (AvgIpc) is 2.87. The van der Waals surface area contributed by atoms with Gasteiger partial charge in [-0.25, -0.2) is 4.79 Å². The Bertz CT molecular complexity index is 441. The van der Waals surface area contributed by atoms with E-state index < -0.39 is 5.97 Å². The highest BCUT2D eigenvalue weighted by Crippen LogP contribution is 2.37. The molecule has 0 unspecified atom stereocenters. The van der Waals surface area contributed by atoms with Gasteiger partial charge in [0.25, 0.3) is 6.01 Å². The van der Waals surface area contributed by atoms with Gasteiger partial charge >= 0.3 is 5.97 Å². The Labute approximate surface area is 106 Å². The highest BCUT2D eigenvalue weighted by Gasteiger charge is 2.35. The van der Waals surface area contributed by atoms with E-state index in [2.05, 4.69) is 9.88 Å². The topological polar surface area (TPSA) is 66.6 Å². The first-order valence-corrected chi connectivity index (χ1v) is 6.71. The monoisotopic (exact) mass is 250 g/mol. The molecule has 0 aromatic carbocycles. The number of rotatable bonds is 2. The Balaban J connectivity index is 1.82. The zero-order chi connectivity index (χ0) is 12.5. The Morgan fingerprint density at radius 2 is 2.11 bits per heavy atom. The van der Waals surface area contributed by atoms with E-state index in [-0.39, 0.29) is 5.69 Å². The van der Waals surface area contributed by atoms with Crippen molar-refractivity contribution in [1.29, 1.82) is 0 Å². The highest BCUT2D eigenvalue weighted by molar-refractivity contribution is 5.85. The average molecular weight is 250 g/mol. The third-order valence-corrected chi connectivity index (χ3v) is 4.20. The van der Waals surface area contributed by atoms with E-state index >= 15 is 0 Å². The van der Waals surface area contributed by atoms with Crippen molar-refractivity contribution in [3.05, 3.63) is 12.0 Å². The van der Waals surface area contributed by atoms with Crippen LogP contribution in [0.4, 0.5) is 6.01 Å². The van der Waals surface area contributed by atoms with E-state index in [1.807, 2.05) is 0 Å². The van der Waals surface area contributed by atoms with Crippen molar-refractivity contribution in [3.63, 3.8) is 0 Å². The van der Waals surface area contributed by atoms with Gasteiger partial charge < -0.3 is 14.4 Å². The molecular formula is C13H18N2O3. The summed E-state index contributed by atoms with van der Waals surface area (Å²) in [6, 6.07) is 0.983. The number of hydrogen-bond donors (Lipinski definition) is 1. The maximum atomic E-state index is 10.8. The van der Waals surface area contributed by atoms with E-state index in [4.69, 9.17) is 9.52 Å². The molecule has 5 heteroatoms. The van der Waals surface area contributed by atoms with Crippen LogP contribution in [0.5, 0.6) is 0 Å². The van der Waals surface area contributed by atoms with Crippen LogP contribution in [-0.4, -0.2) is 28.6 Å². The van der Waals surface area contributed by atoms with Crippen molar-refractivity contribution in [2.24, 2.45) is 5.92 Å². The van der Waals surface area contributed by atoms with E-state index in [0.29, 0.717) is 12.1 Å². The summed E-state index contributed by atoms with van der Waals surface area (Å²) in [7, 11) is 0. The number of carbonyl (C=O) groups is 1. The van der Waals surface area contributed by atoms with Crippen LogP contribution in [0.3, 0.4) is 0 Å². The molecule has 1 aromatic rings. The fraction of sp³-hybridized carbons (Fsp3) is 0.692. The Morgan fingerprint density at radius 1 is 1.33 bits per heavy atom. The maximum absolute atomic E-state index is 10.8. The molecule has 5 nitrogen and oxygen atoms in total. The van der Waals surface area contributed by atoms with Gasteiger partial charge in [-0.3, -0.25) is 0 Å². The van der Waals surface area contributed by atoms with Crippen molar-refractivity contribution in [2.75, 3.05) is 11.4 Å². The highest BCUT2D eigenvalue weighted by atomic mass is 16.4. The predicted molar refractivity (Wildman–Crippen MR) is 65.8 cm³/mol. The van der Waals surface area contributed by atoms with E-state index in [1.165, 1.54) is 38.4 Å². The first kappa shape index (κ1) is 11.6. The summed E-state index contributed by atoms with van der Waals surface area (Å²) in [5.41, 5.74) is 0.00272. The third kappa shape index (κ3) is 1.98. The molecule has 0 amide bonds. The summed E-state index contributed by atoms with van der Waals surface area (Å²) in [6.07, 6.45) is 8.71. The number of aromatic carboxylic acids is 1. The molecule has 98 valence electrons. The maximum Gasteiger partial charge on any atom is 0.357 e. The second kappa shape index (κ2) is 4.63. The van der Waals surface area contributed by atoms with Crippen molar-refractivity contribution >= 4 is 12.0 Å². The minimum absolute atomic E-state index is 0.00272. The fourth-order valence-corrected chi connectivity index (χ4v) is 3.36. The number of fused-ring (bicyclic) bond motifs is 1. The number of piperidine rings is 1. The first-order valence-electron chi connectivity index (χ1n) is 6.71. The second-order valence-electron chi connectivity index (χ2n) is 5.27. The minimum atomic E-state index is -1.03. The summed E-state index contributed by atoms with van der Waals surface area (Å²) < 4.78 is 5.35. The van der Waals surface area contributed by atoms with E-state index in [9.17, 15) is 4.79 Å². The lowest BCUT2D eigenvalue weighted by Gasteiger charge is -2.43. The quantitative estimate of drug-likeness (QED) is 0.873. The number of anilines is 1. The number of carboxylic acids is 1. The molecule has 2 fully saturated rings. The number of oxazole rings is 1. The standard InChI is InChI=1S/C13H18N2O3/c16-12(17)10-8-18-13(14-10)15-7-3-5-9-4-1-2-6-11(9)15/h8-9,11H,1-7H2,(H,16,17)/t9-,11-/m1/s1. The predicted octanol–water partition coefficient (Wildman–Crippen LogP) is 2.53. The largest absolute Gasteiger partial charge is 0.476 e. The van der Waals surface area contributed by atoms with Crippen molar-refractivity contribution in [1.82, 2.24) is 4.98 Å². The van der Waals surface area contributed by atoms with E-state index in [1.54, 1.807) is 0 Å². The van der Waals surface area contributed by atoms with Crippen LogP contribution < -0.4 is 4.90 Å². The van der Waals surface area contributed by atoms with Crippen molar-refractivity contribution in [2.45, 2.75) is 44.6 Å². The number of nitrogens with zero attached hydrogens (tertiary/aromatic N) is 2. The zero-order valence-corrected chi connectivity index (χ0v) is 10.3. The lowest BCUT2D eigenvalue weighted by Crippen LogP contribution is -2.47. The van der Waals surface area contributed by atoms with Crippen LogP contribution in [-0.2, 0) is 0 Å². The van der Waals surface area contributed by atoms with Crippen LogP contribution in [0.25, 0.3) is 0 Å². The molecule has 0 radical (unpaired) electrons. The molecule has 3 rings (SSSR count). The van der Waals surface area contributed by atoms with Gasteiger partial charge in [-0.2, -0.15) is 4.98 Å². The lowest BCUT2D eigenvalue weighted by molar-refractivity contribution is 0.0690. The van der Waals surface area contributed by atoms with Gasteiger partial charge in [-0.15, -0.1) is 0 Å². The molecule has 1 N–H and O–H groups in total. The molecule has 1 aromatic heterocycles. The number of hydrogen-bond acceptors (Lipinski definition) is 4.